The Morgan fingerprint density at radius 3 is 1.95 bits per heavy atom. The number of likely N-dealkylation sites (tertiary alicyclic amines) is 1. The van der Waals surface area contributed by atoms with Crippen molar-refractivity contribution in [3.8, 4) is 0 Å². The number of benzene rings is 1. The molecule has 1 saturated heterocycles. The van der Waals surface area contributed by atoms with E-state index in [1.165, 1.54) is 19.1 Å². The average molecular weight is 277 g/mol. The Labute approximate surface area is 116 Å². The molecule has 0 radical (unpaired) electrons. The van der Waals surface area contributed by atoms with E-state index in [4.69, 9.17) is 0 Å². The molecule has 20 heavy (non-hydrogen) atoms. The number of ether oxygens (including phenoxy) is 2. The normalized spacial score (nSPS) is 20.8. The molecule has 1 aliphatic rings. The van der Waals surface area contributed by atoms with Gasteiger partial charge in [0.05, 0.1) is 14.2 Å². The maximum atomic E-state index is 12.4. The molecule has 0 bridgehead atoms. The highest BCUT2D eigenvalue weighted by Gasteiger charge is 2.50. The van der Waals surface area contributed by atoms with Crippen LogP contribution in [0.1, 0.15) is 16.8 Å². The Morgan fingerprint density at radius 1 is 1.00 bits per heavy atom. The average Bonchev–Trinajstić information content (AvgIpc) is 2.46. The van der Waals surface area contributed by atoms with Crippen LogP contribution < -0.4 is 0 Å². The Morgan fingerprint density at radius 2 is 1.50 bits per heavy atom. The zero-order valence-electron chi connectivity index (χ0n) is 11.2. The summed E-state index contributed by atoms with van der Waals surface area (Å²) < 4.78 is 9.29. The van der Waals surface area contributed by atoms with Crippen molar-refractivity contribution in [2.75, 3.05) is 14.2 Å². The van der Waals surface area contributed by atoms with Crippen LogP contribution in [0.25, 0.3) is 0 Å². The van der Waals surface area contributed by atoms with E-state index in [1.807, 2.05) is 0 Å². The van der Waals surface area contributed by atoms with Crippen molar-refractivity contribution in [3.05, 3.63) is 35.9 Å². The van der Waals surface area contributed by atoms with Crippen LogP contribution in [0.4, 0.5) is 0 Å². The summed E-state index contributed by atoms with van der Waals surface area (Å²) in [5.74, 6) is -1.45. The van der Waals surface area contributed by atoms with Crippen LogP contribution in [0, 0.1) is 0 Å². The maximum Gasteiger partial charge on any atom is 0.328 e. The molecule has 0 N–H and O–H groups in total. The fourth-order valence-electron chi connectivity index (χ4n) is 2.22. The van der Waals surface area contributed by atoms with Gasteiger partial charge >= 0.3 is 11.9 Å². The third-order valence-electron chi connectivity index (χ3n) is 3.32. The van der Waals surface area contributed by atoms with Gasteiger partial charge in [-0.1, -0.05) is 18.2 Å². The molecule has 2 atom stereocenters. The van der Waals surface area contributed by atoms with Gasteiger partial charge in [0.1, 0.15) is 12.1 Å². The molecular weight excluding hydrogens is 262 g/mol. The zero-order valence-corrected chi connectivity index (χ0v) is 11.2. The zero-order chi connectivity index (χ0) is 14.7. The monoisotopic (exact) mass is 277 g/mol. The minimum atomic E-state index is -0.739. The van der Waals surface area contributed by atoms with Crippen molar-refractivity contribution in [1.82, 2.24) is 4.90 Å². The van der Waals surface area contributed by atoms with E-state index in [1.54, 1.807) is 30.3 Å². The molecule has 2 unspecified atom stereocenters. The van der Waals surface area contributed by atoms with E-state index in [2.05, 4.69) is 9.47 Å². The molecule has 0 spiro atoms. The van der Waals surface area contributed by atoms with Crippen LogP contribution >= 0.6 is 0 Å². The largest absolute Gasteiger partial charge is 0.467 e. The summed E-state index contributed by atoms with van der Waals surface area (Å²) in [5.41, 5.74) is 0.412. The lowest BCUT2D eigenvalue weighted by Gasteiger charge is -2.44. The Bertz CT molecular complexity index is 506. The van der Waals surface area contributed by atoms with Crippen LogP contribution in [-0.2, 0) is 19.1 Å². The van der Waals surface area contributed by atoms with Crippen LogP contribution in [-0.4, -0.2) is 49.0 Å². The number of nitrogens with zero attached hydrogens (tertiary/aromatic N) is 1. The van der Waals surface area contributed by atoms with Gasteiger partial charge in [-0.05, 0) is 12.1 Å². The number of hydrogen-bond donors (Lipinski definition) is 0. The molecule has 6 heteroatoms. The SMILES string of the molecule is COC(=O)C1CC(C(=O)OC)N1C(=O)c1ccccc1. The summed E-state index contributed by atoms with van der Waals surface area (Å²) in [6.07, 6.45) is 0.220. The maximum absolute atomic E-state index is 12.4. The quantitative estimate of drug-likeness (QED) is 0.757. The molecule has 1 fully saturated rings. The van der Waals surface area contributed by atoms with E-state index in [9.17, 15) is 14.4 Å². The van der Waals surface area contributed by atoms with E-state index >= 15 is 0 Å². The van der Waals surface area contributed by atoms with Crippen LogP contribution in [0.3, 0.4) is 0 Å². The number of carbonyl (C=O) groups is 3. The Balaban J connectivity index is 2.24. The molecule has 1 aromatic carbocycles. The summed E-state index contributed by atoms with van der Waals surface area (Å²) in [6, 6.07) is 6.99. The van der Waals surface area contributed by atoms with Crippen molar-refractivity contribution >= 4 is 17.8 Å². The fourth-order valence-corrected chi connectivity index (χ4v) is 2.22. The number of hydrogen-bond acceptors (Lipinski definition) is 5. The second kappa shape index (κ2) is 5.73. The molecule has 0 aliphatic carbocycles. The number of rotatable bonds is 3. The lowest BCUT2D eigenvalue weighted by atomic mass is 9.91. The van der Waals surface area contributed by atoms with Crippen LogP contribution in [0.2, 0.25) is 0 Å². The molecule has 106 valence electrons. The van der Waals surface area contributed by atoms with E-state index < -0.39 is 24.0 Å². The number of esters is 2. The third kappa shape index (κ3) is 2.36. The molecule has 1 amide bonds. The Hall–Kier alpha value is -2.37. The summed E-state index contributed by atoms with van der Waals surface area (Å²) in [7, 11) is 2.50. The first-order chi connectivity index (χ1) is 9.60. The van der Waals surface area contributed by atoms with Gasteiger partial charge in [-0.2, -0.15) is 0 Å². The topological polar surface area (TPSA) is 72.9 Å². The lowest BCUT2D eigenvalue weighted by molar-refractivity contribution is -0.163. The van der Waals surface area contributed by atoms with Crippen molar-refractivity contribution in [2.24, 2.45) is 0 Å². The Kier molecular flexibility index (Phi) is 4.02. The first-order valence-corrected chi connectivity index (χ1v) is 6.13. The highest BCUT2D eigenvalue weighted by molar-refractivity contribution is 6.01. The highest BCUT2D eigenvalue weighted by atomic mass is 16.5. The van der Waals surface area contributed by atoms with E-state index in [0.717, 1.165) is 0 Å². The second-order valence-electron chi connectivity index (χ2n) is 4.39. The molecule has 1 heterocycles. The number of amides is 1. The molecule has 0 saturated carbocycles. The summed E-state index contributed by atoms with van der Waals surface area (Å²) in [5, 5.41) is 0. The molecule has 2 rings (SSSR count). The molecule has 1 aromatic rings. The molecule has 0 aromatic heterocycles. The summed E-state index contributed by atoms with van der Waals surface area (Å²) in [6.45, 7) is 0. The second-order valence-corrected chi connectivity index (χ2v) is 4.39. The van der Waals surface area contributed by atoms with E-state index in [-0.39, 0.29) is 12.3 Å². The van der Waals surface area contributed by atoms with Gasteiger partial charge in [0.15, 0.2) is 0 Å². The van der Waals surface area contributed by atoms with Gasteiger partial charge in [0.25, 0.3) is 5.91 Å². The van der Waals surface area contributed by atoms with Gasteiger partial charge < -0.3 is 14.4 Å². The van der Waals surface area contributed by atoms with Crippen LogP contribution in [0.15, 0.2) is 30.3 Å². The number of methoxy groups -OCH3 is 2. The first kappa shape index (κ1) is 14.0. The van der Waals surface area contributed by atoms with Crippen molar-refractivity contribution in [1.29, 1.82) is 0 Å². The van der Waals surface area contributed by atoms with Crippen molar-refractivity contribution < 1.29 is 23.9 Å². The van der Waals surface area contributed by atoms with Gasteiger partial charge in [0, 0.05) is 12.0 Å². The van der Waals surface area contributed by atoms with Crippen LogP contribution in [0.5, 0.6) is 0 Å². The lowest BCUT2D eigenvalue weighted by Crippen LogP contribution is -2.65. The molecule has 6 nitrogen and oxygen atoms in total. The summed E-state index contributed by atoms with van der Waals surface area (Å²) >= 11 is 0. The molecular formula is C14H15NO5. The predicted octanol–water partition coefficient (Wildman–Crippen LogP) is 0.616. The van der Waals surface area contributed by atoms with Gasteiger partial charge in [-0.25, -0.2) is 9.59 Å². The van der Waals surface area contributed by atoms with Crippen molar-refractivity contribution in [3.63, 3.8) is 0 Å². The van der Waals surface area contributed by atoms with Gasteiger partial charge in [-0.15, -0.1) is 0 Å². The van der Waals surface area contributed by atoms with E-state index in [0.29, 0.717) is 5.56 Å². The first-order valence-electron chi connectivity index (χ1n) is 6.13. The minimum Gasteiger partial charge on any atom is -0.467 e. The number of carbonyl (C=O) groups excluding carboxylic acids is 3. The van der Waals surface area contributed by atoms with Gasteiger partial charge in [0.2, 0.25) is 0 Å². The predicted molar refractivity (Wildman–Crippen MR) is 68.8 cm³/mol. The van der Waals surface area contributed by atoms with Gasteiger partial charge in [-0.3, -0.25) is 4.79 Å². The fraction of sp³-hybridized carbons (Fsp3) is 0.357. The minimum absolute atomic E-state index is 0.220. The highest BCUT2D eigenvalue weighted by Crippen LogP contribution is 2.29. The van der Waals surface area contributed by atoms with Crippen molar-refractivity contribution in [2.45, 2.75) is 18.5 Å². The smallest absolute Gasteiger partial charge is 0.328 e. The third-order valence-corrected chi connectivity index (χ3v) is 3.32. The summed E-state index contributed by atoms with van der Waals surface area (Å²) in [4.78, 5) is 36.9. The standard InChI is InChI=1S/C14H15NO5/c1-19-13(17)10-8-11(14(18)20-2)15(10)12(16)9-6-4-3-5-7-9/h3-7,10-11H,8H2,1-2H3. The molecule has 1 aliphatic heterocycles.